The lowest BCUT2D eigenvalue weighted by Crippen LogP contribution is -2.13. The number of nitrogens with zero attached hydrogens (tertiary/aromatic N) is 1. The number of para-hydroxylation sites is 4. The third-order valence-corrected chi connectivity index (χ3v) is 8.20. The Balaban J connectivity index is 1.51. The zero-order valence-corrected chi connectivity index (χ0v) is 23.0. The fourth-order valence-electron chi connectivity index (χ4n) is 6.32. The third kappa shape index (κ3) is 3.96. The van der Waals surface area contributed by atoms with Crippen LogP contribution in [0.5, 0.6) is 0 Å². The molecule has 0 atom stereocenters. The molecule has 0 aliphatic heterocycles. The lowest BCUT2D eigenvalue weighted by molar-refractivity contribution is 1.30. The van der Waals surface area contributed by atoms with Crippen LogP contribution in [-0.2, 0) is 0 Å². The second kappa shape index (κ2) is 10.1. The molecule has 0 unspecified atom stereocenters. The second-order valence-electron chi connectivity index (χ2n) is 10.6. The highest BCUT2D eigenvalue weighted by Gasteiger charge is 2.24. The summed E-state index contributed by atoms with van der Waals surface area (Å²) in [7, 11) is 0. The first-order valence-corrected chi connectivity index (χ1v) is 14.4. The maximum Gasteiger partial charge on any atom is 0.0619 e. The van der Waals surface area contributed by atoms with Crippen LogP contribution in [-0.4, -0.2) is 4.98 Å². The van der Waals surface area contributed by atoms with Crippen molar-refractivity contribution in [1.29, 1.82) is 0 Å². The van der Waals surface area contributed by atoms with Crippen LogP contribution in [0.25, 0.3) is 54.8 Å². The highest BCUT2D eigenvalue weighted by Crippen LogP contribution is 2.49. The molecule has 0 bridgehead atoms. The van der Waals surface area contributed by atoms with E-state index in [-0.39, 0.29) is 0 Å². The van der Waals surface area contributed by atoms with Crippen LogP contribution in [0.4, 0.5) is 17.1 Å². The monoisotopic (exact) mass is 536 g/mol. The Kier molecular flexibility index (Phi) is 5.82. The van der Waals surface area contributed by atoms with Crippen LogP contribution in [0.15, 0.2) is 164 Å². The predicted molar refractivity (Wildman–Crippen MR) is 179 cm³/mol. The minimum Gasteiger partial charge on any atom is -0.354 e. The molecule has 0 spiro atoms. The maximum atomic E-state index is 3.76. The normalized spacial score (nSPS) is 11.3. The fourth-order valence-corrected chi connectivity index (χ4v) is 6.32. The van der Waals surface area contributed by atoms with Gasteiger partial charge in [0, 0.05) is 44.1 Å². The van der Waals surface area contributed by atoms with Crippen LogP contribution in [0, 0.1) is 0 Å². The molecule has 1 N–H and O–H groups in total. The van der Waals surface area contributed by atoms with Gasteiger partial charge in [0.05, 0.1) is 16.9 Å². The number of benzene rings is 7. The zero-order chi connectivity index (χ0) is 27.9. The van der Waals surface area contributed by atoms with Crippen molar-refractivity contribution in [2.75, 3.05) is 4.90 Å². The molecule has 2 heteroatoms. The summed E-state index contributed by atoms with van der Waals surface area (Å²) in [4.78, 5) is 6.21. The van der Waals surface area contributed by atoms with E-state index in [1.807, 2.05) is 0 Å². The van der Waals surface area contributed by atoms with Crippen molar-refractivity contribution >= 4 is 49.6 Å². The van der Waals surface area contributed by atoms with E-state index in [2.05, 4.69) is 174 Å². The molecule has 0 aliphatic rings. The Morgan fingerprint density at radius 1 is 0.405 bits per heavy atom. The van der Waals surface area contributed by atoms with Crippen LogP contribution in [0.1, 0.15) is 0 Å². The van der Waals surface area contributed by atoms with Gasteiger partial charge in [-0.05, 0) is 35.2 Å². The van der Waals surface area contributed by atoms with E-state index >= 15 is 0 Å². The summed E-state index contributed by atoms with van der Waals surface area (Å²) in [6.45, 7) is 0. The number of hydrogen-bond acceptors (Lipinski definition) is 1. The van der Waals surface area contributed by atoms with Crippen molar-refractivity contribution in [1.82, 2.24) is 4.98 Å². The van der Waals surface area contributed by atoms with Gasteiger partial charge in [-0.3, -0.25) is 0 Å². The average Bonchev–Trinajstić information content (AvgIpc) is 3.45. The van der Waals surface area contributed by atoms with E-state index in [1.54, 1.807) is 0 Å². The minimum atomic E-state index is 1.11. The third-order valence-electron chi connectivity index (χ3n) is 8.20. The molecule has 1 aromatic heterocycles. The Bertz CT molecular complexity index is 2190. The Morgan fingerprint density at radius 2 is 1.00 bits per heavy atom. The highest BCUT2D eigenvalue weighted by molar-refractivity contribution is 6.14. The summed E-state index contributed by atoms with van der Waals surface area (Å²) in [5.41, 5.74) is 10.4. The van der Waals surface area contributed by atoms with Crippen LogP contribution in [0.2, 0.25) is 0 Å². The predicted octanol–water partition coefficient (Wildman–Crippen LogP) is 11.3. The van der Waals surface area contributed by atoms with Gasteiger partial charge in [0.1, 0.15) is 0 Å². The van der Waals surface area contributed by atoms with Crippen molar-refractivity contribution < 1.29 is 0 Å². The average molecular weight is 537 g/mol. The molecule has 8 aromatic rings. The van der Waals surface area contributed by atoms with Crippen molar-refractivity contribution in [3.8, 4) is 22.3 Å². The number of fused-ring (bicyclic) bond motifs is 4. The van der Waals surface area contributed by atoms with Gasteiger partial charge in [-0.1, -0.05) is 140 Å². The number of H-pyrrole nitrogens is 1. The summed E-state index contributed by atoms with van der Waals surface area (Å²) in [6.07, 6.45) is 0. The Hall–Kier alpha value is -5.60. The van der Waals surface area contributed by atoms with E-state index in [4.69, 9.17) is 0 Å². The fraction of sp³-hybridized carbons (Fsp3) is 0. The Labute approximate surface area is 245 Å². The maximum absolute atomic E-state index is 3.76. The van der Waals surface area contributed by atoms with Gasteiger partial charge in [-0.25, -0.2) is 0 Å². The summed E-state index contributed by atoms with van der Waals surface area (Å²) in [5, 5.41) is 4.90. The smallest absolute Gasteiger partial charge is 0.0619 e. The number of anilines is 3. The van der Waals surface area contributed by atoms with E-state index < -0.39 is 0 Å². The first-order chi connectivity index (χ1) is 20.9. The van der Waals surface area contributed by atoms with E-state index in [1.165, 1.54) is 43.8 Å². The molecule has 0 saturated carbocycles. The SMILES string of the molecule is c1ccc(-c2cccc(-c3cccc4c3[nH]c3ccccc34)c2N(c2ccccc2)c2cccc3ccccc23)cc1. The molecule has 8 rings (SSSR count). The lowest BCUT2D eigenvalue weighted by Gasteiger charge is -2.31. The van der Waals surface area contributed by atoms with Crippen LogP contribution in [0.3, 0.4) is 0 Å². The first kappa shape index (κ1) is 24.2. The molecule has 42 heavy (non-hydrogen) atoms. The quantitative estimate of drug-likeness (QED) is 0.232. The summed E-state index contributed by atoms with van der Waals surface area (Å²) in [5.74, 6) is 0. The summed E-state index contributed by atoms with van der Waals surface area (Å²) >= 11 is 0. The van der Waals surface area contributed by atoms with Gasteiger partial charge in [-0.2, -0.15) is 0 Å². The van der Waals surface area contributed by atoms with Crippen molar-refractivity contribution in [2.24, 2.45) is 0 Å². The van der Waals surface area contributed by atoms with E-state index in [9.17, 15) is 0 Å². The van der Waals surface area contributed by atoms with Crippen LogP contribution < -0.4 is 4.90 Å². The first-order valence-electron chi connectivity index (χ1n) is 14.4. The molecule has 1 heterocycles. The largest absolute Gasteiger partial charge is 0.354 e. The summed E-state index contributed by atoms with van der Waals surface area (Å²) in [6, 6.07) is 58.6. The zero-order valence-electron chi connectivity index (χ0n) is 23.0. The van der Waals surface area contributed by atoms with Gasteiger partial charge < -0.3 is 9.88 Å². The molecular weight excluding hydrogens is 508 g/mol. The van der Waals surface area contributed by atoms with Crippen molar-refractivity contribution in [3.63, 3.8) is 0 Å². The van der Waals surface area contributed by atoms with E-state index in [0.29, 0.717) is 0 Å². The molecule has 0 aliphatic carbocycles. The van der Waals surface area contributed by atoms with Gasteiger partial charge in [0.25, 0.3) is 0 Å². The Morgan fingerprint density at radius 3 is 1.86 bits per heavy atom. The van der Waals surface area contributed by atoms with Gasteiger partial charge in [-0.15, -0.1) is 0 Å². The number of aromatic nitrogens is 1. The molecule has 0 radical (unpaired) electrons. The molecule has 198 valence electrons. The number of nitrogens with one attached hydrogen (secondary N) is 1. The van der Waals surface area contributed by atoms with E-state index in [0.717, 1.165) is 28.1 Å². The molecular formula is C40H28N2. The van der Waals surface area contributed by atoms with Gasteiger partial charge >= 0.3 is 0 Å². The molecule has 2 nitrogen and oxygen atoms in total. The standard InChI is InChI=1S/C40H28N2/c1-3-14-29(15-4-1)32-22-12-25-36(35-24-13-23-34-33-21-9-10-26-37(33)41-39(34)35)40(32)42(30-18-5-2-6-19-30)38-27-11-17-28-16-7-8-20-31(28)38/h1-27,41H. The second-order valence-corrected chi connectivity index (χ2v) is 10.6. The summed E-state index contributed by atoms with van der Waals surface area (Å²) < 4.78 is 0. The molecule has 7 aromatic carbocycles. The number of rotatable bonds is 5. The lowest BCUT2D eigenvalue weighted by atomic mass is 9.92. The van der Waals surface area contributed by atoms with Crippen molar-refractivity contribution in [2.45, 2.75) is 0 Å². The van der Waals surface area contributed by atoms with Crippen LogP contribution >= 0.6 is 0 Å². The van der Waals surface area contributed by atoms with Gasteiger partial charge in [0.15, 0.2) is 0 Å². The molecule has 0 amide bonds. The van der Waals surface area contributed by atoms with Gasteiger partial charge in [0.2, 0.25) is 0 Å². The molecule has 0 saturated heterocycles. The highest BCUT2D eigenvalue weighted by atomic mass is 15.1. The number of aromatic amines is 1. The molecule has 0 fully saturated rings. The van der Waals surface area contributed by atoms with Crippen molar-refractivity contribution in [3.05, 3.63) is 164 Å². The minimum absolute atomic E-state index is 1.11. The topological polar surface area (TPSA) is 19.0 Å². The number of hydrogen-bond donors (Lipinski definition) is 1.